The van der Waals surface area contributed by atoms with Crippen molar-refractivity contribution in [3.63, 3.8) is 0 Å². The number of amides is 1. The molecule has 5 heteroatoms. The lowest BCUT2D eigenvalue weighted by atomic mass is 9.96. The number of furan rings is 1. The van der Waals surface area contributed by atoms with E-state index in [1.165, 1.54) is 0 Å². The van der Waals surface area contributed by atoms with Gasteiger partial charge in [0, 0.05) is 34.7 Å². The van der Waals surface area contributed by atoms with E-state index < -0.39 is 0 Å². The number of carbonyl (C=O) groups is 1. The van der Waals surface area contributed by atoms with Gasteiger partial charge >= 0.3 is 0 Å². The van der Waals surface area contributed by atoms with Crippen molar-refractivity contribution in [2.75, 3.05) is 19.8 Å². The highest BCUT2D eigenvalue weighted by Crippen LogP contribution is 2.41. The van der Waals surface area contributed by atoms with Crippen LogP contribution in [-0.2, 0) is 4.79 Å². The standard InChI is InChI=1S/C25H29NO4/c1-6-26-23(27)13-16(4)20-14-21-22(18-9-11-19(12-10-18)28-7-2)15-30-25(21)17(5)24(20)29-8-3/h9-15H,6-8H2,1-5H3,(H,26,27)/b16-13+. The Kier molecular flexibility index (Phi) is 6.83. The van der Waals surface area contributed by atoms with E-state index in [0.29, 0.717) is 19.8 Å². The minimum atomic E-state index is -0.117. The average Bonchev–Trinajstić information content (AvgIpc) is 3.15. The van der Waals surface area contributed by atoms with E-state index in [1.54, 1.807) is 12.3 Å². The van der Waals surface area contributed by atoms with Crippen LogP contribution in [-0.4, -0.2) is 25.7 Å². The second-order valence-corrected chi connectivity index (χ2v) is 7.02. The minimum absolute atomic E-state index is 0.117. The number of fused-ring (bicyclic) bond motifs is 1. The van der Waals surface area contributed by atoms with Gasteiger partial charge in [0.1, 0.15) is 17.1 Å². The smallest absolute Gasteiger partial charge is 0.244 e. The van der Waals surface area contributed by atoms with Crippen molar-refractivity contribution < 1.29 is 18.7 Å². The second kappa shape index (κ2) is 9.53. The zero-order valence-electron chi connectivity index (χ0n) is 18.3. The SMILES string of the molecule is CCNC(=O)/C=C(\C)c1cc2c(-c3ccc(OCC)cc3)coc2c(C)c1OCC. The van der Waals surface area contributed by atoms with Crippen molar-refractivity contribution in [1.82, 2.24) is 5.32 Å². The van der Waals surface area contributed by atoms with Crippen molar-refractivity contribution in [1.29, 1.82) is 0 Å². The third-order valence-corrected chi connectivity index (χ3v) is 4.93. The molecule has 0 unspecified atom stereocenters. The first-order valence-electron chi connectivity index (χ1n) is 10.4. The number of likely N-dealkylation sites (N-methyl/N-ethyl adjacent to an activating group) is 1. The molecule has 0 fully saturated rings. The Morgan fingerprint density at radius 1 is 1.10 bits per heavy atom. The van der Waals surface area contributed by atoms with Gasteiger partial charge in [0.15, 0.2) is 0 Å². The van der Waals surface area contributed by atoms with E-state index in [2.05, 4.69) is 5.32 Å². The van der Waals surface area contributed by atoms with Crippen molar-refractivity contribution >= 4 is 22.4 Å². The maximum absolute atomic E-state index is 12.1. The first kappa shape index (κ1) is 21.5. The summed E-state index contributed by atoms with van der Waals surface area (Å²) in [5, 5.41) is 3.80. The van der Waals surface area contributed by atoms with E-state index in [9.17, 15) is 4.79 Å². The van der Waals surface area contributed by atoms with Gasteiger partial charge in [0.25, 0.3) is 0 Å². The Hall–Kier alpha value is -3.21. The molecule has 0 aliphatic heterocycles. The molecule has 1 aromatic heterocycles. The summed E-state index contributed by atoms with van der Waals surface area (Å²) in [6.07, 6.45) is 3.39. The van der Waals surface area contributed by atoms with Gasteiger partial charge in [-0.1, -0.05) is 12.1 Å². The molecule has 1 N–H and O–H groups in total. The van der Waals surface area contributed by atoms with Gasteiger partial charge in [-0.3, -0.25) is 4.79 Å². The summed E-state index contributed by atoms with van der Waals surface area (Å²) in [7, 11) is 0. The van der Waals surface area contributed by atoms with Crippen LogP contribution >= 0.6 is 0 Å². The summed E-state index contributed by atoms with van der Waals surface area (Å²) in [6.45, 7) is 11.5. The van der Waals surface area contributed by atoms with Gasteiger partial charge in [-0.25, -0.2) is 0 Å². The van der Waals surface area contributed by atoms with Crippen LogP contribution in [0.4, 0.5) is 0 Å². The van der Waals surface area contributed by atoms with Crippen LogP contribution in [0.25, 0.3) is 27.7 Å². The molecule has 0 atom stereocenters. The molecule has 1 heterocycles. The van der Waals surface area contributed by atoms with Crippen molar-refractivity contribution in [3.8, 4) is 22.6 Å². The molecule has 158 valence electrons. The van der Waals surface area contributed by atoms with Crippen LogP contribution in [0, 0.1) is 6.92 Å². The number of benzene rings is 2. The van der Waals surface area contributed by atoms with Crippen LogP contribution in [0.1, 0.15) is 38.8 Å². The van der Waals surface area contributed by atoms with E-state index >= 15 is 0 Å². The zero-order valence-corrected chi connectivity index (χ0v) is 18.3. The highest BCUT2D eigenvalue weighted by Gasteiger charge is 2.19. The summed E-state index contributed by atoms with van der Waals surface area (Å²) in [5.41, 5.74) is 5.47. The molecule has 0 saturated carbocycles. The van der Waals surface area contributed by atoms with Gasteiger partial charge in [0.05, 0.1) is 19.5 Å². The Morgan fingerprint density at radius 2 is 1.80 bits per heavy atom. The molecule has 0 bridgehead atoms. The lowest BCUT2D eigenvalue weighted by Crippen LogP contribution is -2.20. The van der Waals surface area contributed by atoms with Crippen molar-refractivity contribution in [2.24, 2.45) is 0 Å². The molecule has 2 aromatic carbocycles. The number of hydrogen-bond acceptors (Lipinski definition) is 4. The number of rotatable bonds is 8. The summed E-state index contributed by atoms with van der Waals surface area (Å²) in [6, 6.07) is 10.0. The first-order valence-corrected chi connectivity index (χ1v) is 10.4. The Labute approximate surface area is 177 Å². The molecular weight excluding hydrogens is 378 g/mol. The van der Waals surface area contributed by atoms with Crippen molar-refractivity contribution in [2.45, 2.75) is 34.6 Å². The summed E-state index contributed by atoms with van der Waals surface area (Å²) < 4.78 is 17.4. The monoisotopic (exact) mass is 407 g/mol. The summed E-state index contributed by atoms with van der Waals surface area (Å²) in [5.74, 6) is 1.47. The summed E-state index contributed by atoms with van der Waals surface area (Å²) in [4.78, 5) is 12.1. The zero-order chi connectivity index (χ0) is 21.7. The molecule has 3 aromatic rings. The largest absolute Gasteiger partial charge is 0.494 e. The van der Waals surface area contributed by atoms with Gasteiger partial charge in [0.2, 0.25) is 5.91 Å². The fourth-order valence-corrected chi connectivity index (χ4v) is 3.56. The average molecular weight is 408 g/mol. The van der Waals surface area contributed by atoms with E-state index in [4.69, 9.17) is 13.9 Å². The number of ether oxygens (including phenoxy) is 2. The molecule has 0 spiro atoms. The normalized spacial score (nSPS) is 11.6. The quantitative estimate of drug-likeness (QED) is 0.483. The third-order valence-electron chi connectivity index (χ3n) is 4.93. The number of carbonyl (C=O) groups excluding carboxylic acids is 1. The number of hydrogen-bond donors (Lipinski definition) is 1. The van der Waals surface area contributed by atoms with Crippen LogP contribution in [0.15, 0.2) is 47.1 Å². The highest BCUT2D eigenvalue weighted by atomic mass is 16.5. The Bertz CT molecular complexity index is 1060. The highest BCUT2D eigenvalue weighted by molar-refractivity contribution is 6.01. The summed E-state index contributed by atoms with van der Waals surface area (Å²) >= 11 is 0. The predicted octanol–water partition coefficient (Wildman–Crippen LogP) is 5.75. The first-order chi connectivity index (χ1) is 14.5. The fourth-order valence-electron chi connectivity index (χ4n) is 3.56. The topological polar surface area (TPSA) is 60.7 Å². The molecule has 0 saturated heterocycles. The number of aryl methyl sites for hydroxylation is 1. The maximum atomic E-state index is 12.1. The van der Waals surface area contributed by atoms with E-state index in [1.807, 2.05) is 65.0 Å². The molecule has 1 amide bonds. The number of allylic oxidation sites excluding steroid dienone is 1. The van der Waals surface area contributed by atoms with Crippen molar-refractivity contribution in [3.05, 3.63) is 53.8 Å². The number of nitrogens with one attached hydrogen (secondary N) is 1. The van der Waals surface area contributed by atoms with E-state index in [-0.39, 0.29) is 5.91 Å². The van der Waals surface area contributed by atoms with Gasteiger partial charge in [-0.15, -0.1) is 0 Å². The third kappa shape index (κ3) is 4.35. The van der Waals surface area contributed by atoms with Crippen LogP contribution in [0.5, 0.6) is 11.5 Å². The molecule has 3 rings (SSSR count). The lowest BCUT2D eigenvalue weighted by molar-refractivity contribution is -0.116. The fraction of sp³-hybridized carbons (Fsp3) is 0.320. The minimum Gasteiger partial charge on any atom is -0.494 e. The van der Waals surface area contributed by atoms with Gasteiger partial charge < -0.3 is 19.2 Å². The molecule has 0 radical (unpaired) electrons. The Morgan fingerprint density at radius 3 is 2.43 bits per heavy atom. The molecule has 30 heavy (non-hydrogen) atoms. The van der Waals surface area contributed by atoms with Gasteiger partial charge in [-0.2, -0.15) is 0 Å². The van der Waals surface area contributed by atoms with E-state index in [0.717, 1.165) is 50.3 Å². The lowest BCUT2D eigenvalue weighted by Gasteiger charge is -2.15. The predicted molar refractivity (Wildman–Crippen MR) is 121 cm³/mol. The van der Waals surface area contributed by atoms with Gasteiger partial charge in [-0.05, 0) is 64.0 Å². The molecule has 5 nitrogen and oxygen atoms in total. The molecular formula is C25H29NO4. The second-order valence-electron chi connectivity index (χ2n) is 7.02. The molecule has 0 aliphatic rings. The Balaban J connectivity index is 2.15. The maximum Gasteiger partial charge on any atom is 0.244 e. The van der Waals surface area contributed by atoms with Crippen LogP contribution in [0.3, 0.4) is 0 Å². The molecule has 0 aliphatic carbocycles. The van der Waals surface area contributed by atoms with Crippen LogP contribution < -0.4 is 14.8 Å². The van der Waals surface area contributed by atoms with Crippen LogP contribution in [0.2, 0.25) is 0 Å².